The Kier molecular flexibility index (Phi) is 25.7. The van der Waals surface area contributed by atoms with E-state index in [2.05, 4.69) is 39.9 Å². The lowest BCUT2D eigenvalue weighted by molar-refractivity contribution is -0.142. The Balaban J connectivity index is -0.000000517. The minimum atomic E-state index is -0.245. The average molecular weight is 359 g/mol. The van der Waals surface area contributed by atoms with Crippen molar-refractivity contribution in [3.8, 4) is 0 Å². The Bertz CT molecular complexity index is 313. The molecule has 1 N–H and O–H groups in total. The summed E-state index contributed by atoms with van der Waals surface area (Å²) >= 11 is 0. The molecule has 0 bridgehead atoms. The van der Waals surface area contributed by atoms with Gasteiger partial charge in [-0.05, 0) is 6.42 Å². The maximum atomic E-state index is 11.5. The van der Waals surface area contributed by atoms with Gasteiger partial charge in [0.05, 0.1) is 0 Å². The highest BCUT2D eigenvalue weighted by molar-refractivity contribution is 6.04. The Hall–Kier alpha value is -1.39. The summed E-state index contributed by atoms with van der Waals surface area (Å²) in [5.74, 6) is -0.725. The summed E-state index contributed by atoms with van der Waals surface area (Å²) in [6.07, 6.45) is 7.34. The maximum Gasteiger partial charge on any atom is 0.240 e. The van der Waals surface area contributed by atoms with E-state index in [1.165, 1.54) is 19.3 Å². The van der Waals surface area contributed by atoms with Gasteiger partial charge < -0.3 is 5.32 Å². The molecule has 1 aliphatic heterocycles. The standard InChI is InChI=1S/C12H20N2O3.2C3H8.C2H6/c1-2-3-4-5-8-13-10(15)9-14-11(16)6-7-12(14)17;2*1-3-2;1-2/h2-9H2,1H3,(H,13,15);2*3H2,1-2H3;1-2H3. The highest BCUT2D eigenvalue weighted by atomic mass is 16.2. The van der Waals surface area contributed by atoms with Crippen molar-refractivity contribution in [1.29, 1.82) is 0 Å². The first kappa shape index (κ1) is 28.4. The number of rotatable bonds is 7. The van der Waals surface area contributed by atoms with E-state index < -0.39 is 0 Å². The molecule has 0 spiro atoms. The molecule has 0 aliphatic carbocycles. The molecule has 150 valence electrons. The zero-order valence-corrected chi connectivity index (χ0v) is 17.7. The molecule has 3 amide bonds. The summed E-state index contributed by atoms with van der Waals surface area (Å²) in [5, 5.41) is 2.72. The molecule has 5 nitrogen and oxygen atoms in total. The summed E-state index contributed by atoms with van der Waals surface area (Å²) in [7, 11) is 0. The number of hydrogen-bond donors (Lipinski definition) is 1. The van der Waals surface area contributed by atoms with Crippen molar-refractivity contribution in [1.82, 2.24) is 10.2 Å². The van der Waals surface area contributed by atoms with Crippen LogP contribution in [0.2, 0.25) is 0 Å². The lowest BCUT2D eigenvalue weighted by Gasteiger charge is -2.13. The third-order valence-corrected chi connectivity index (χ3v) is 2.81. The van der Waals surface area contributed by atoms with E-state index >= 15 is 0 Å². The summed E-state index contributed by atoms with van der Waals surface area (Å²) in [6, 6.07) is 0. The number of likely N-dealkylation sites (tertiary alicyclic amines) is 1. The summed E-state index contributed by atoms with van der Waals surface area (Å²) in [6.45, 7) is 15.1. The van der Waals surface area contributed by atoms with Crippen LogP contribution in [0.3, 0.4) is 0 Å². The van der Waals surface area contributed by atoms with Crippen molar-refractivity contribution in [3.63, 3.8) is 0 Å². The second kappa shape index (κ2) is 22.6. The predicted octanol–water partition coefficient (Wildman–Crippen LogP) is 4.69. The molecule has 0 atom stereocenters. The highest BCUT2D eigenvalue weighted by Gasteiger charge is 2.30. The van der Waals surface area contributed by atoms with E-state index in [4.69, 9.17) is 0 Å². The van der Waals surface area contributed by atoms with E-state index in [9.17, 15) is 14.4 Å². The third kappa shape index (κ3) is 18.8. The SMILES string of the molecule is CC.CCC.CCC.CCCCCCNC(=O)CN1C(=O)CCC1=O. The molecule has 1 fully saturated rings. The van der Waals surface area contributed by atoms with Gasteiger partial charge in [-0.2, -0.15) is 0 Å². The minimum absolute atomic E-state index is 0.120. The van der Waals surface area contributed by atoms with Crippen molar-refractivity contribution >= 4 is 17.7 Å². The first-order valence-electron chi connectivity index (χ1n) is 10.1. The molecule has 0 aromatic rings. The maximum absolute atomic E-state index is 11.5. The van der Waals surface area contributed by atoms with Crippen molar-refractivity contribution in [3.05, 3.63) is 0 Å². The number of hydrogen-bond acceptors (Lipinski definition) is 3. The number of nitrogens with one attached hydrogen (secondary N) is 1. The molecule has 0 unspecified atom stereocenters. The van der Waals surface area contributed by atoms with Gasteiger partial charge in [0.2, 0.25) is 17.7 Å². The molecule has 0 aromatic heterocycles. The fraction of sp³-hybridized carbons (Fsp3) is 0.850. The Labute approximate surface area is 155 Å². The van der Waals surface area contributed by atoms with E-state index in [0.717, 1.165) is 24.2 Å². The highest BCUT2D eigenvalue weighted by Crippen LogP contribution is 2.10. The normalized spacial score (nSPS) is 12.2. The van der Waals surface area contributed by atoms with Crippen LogP contribution in [0.4, 0.5) is 0 Å². The van der Waals surface area contributed by atoms with Gasteiger partial charge in [-0.15, -0.1) is 0 Å². The molecule has 1 aliphatic rings. The molecule has 0 aromatic carbocycles. The van der Waals surface area contributed by atoms with Gasteiger partial charge in [-0.25, -0.2) is 0 Å². The first-order valence-corrected chi connectivity index (χ1v) is 10.1. The van der Waals surface area contributed by atoms with Gasteiger partial charge in [0, 0.05) is 19.4 Å². The lowest BCUT2D eigenvalue weighted by Crippen LogP contribution is -2.40. The van der Waals surface area contributed by atoms with Crippen LogP contribution < -0.4 is 5.32 Å². The van der Waals surface area contributed by atoms with Crippen LogP contribution in [0.25, 0.3) is 0 Å². The van der Waals surface area contributed by atoms with Crippen LogP contribution in [0.15, 0.2) is 0 Å². The topological polar surface area (TPSA) is 66.5 Å². The molecule has 0 radical (unpaired) electrons. The number of nitrogens with zero attached hydrogens (tertiary/aromatic N) is 1. The molecule has 1 rings (SSSR count). The van der Waals surface area contributed by atoms with E-state index in [0.29, 0.717) is 6.54 Å². The van der Waals surface area contributed by atoms with Crippen molar-refractivity contribution < 1.29 is 14.4 Å². The van der Waals surface area contributed by atoms with Gasteiger partial charge in [-0.1, -0.05) is 80.6 Å². The van der Waals surface area contributed by atoms with Crippen molar-refractivity contribution in [2.45, 2.75) is 99.8 Å². The fourth-order valence-electron chi connectivity index (χ4n) is 1.78. The number of unbranched alkanes of at least 4 members (excludes halogenated alkanes) is 3. The van der Waals surface area contributed by atoms with E-state index in [1.807, 2.05) is 13.8 Å². The predicted molar refractivity (Wildman–Crippen MR) is 106 cm³/mol. The average Bonchev–Trinajstić information content (AvgIpc) is 2.90. The number of imide groups is 1. The summed E-state index contributed by atoms with van der Waals surface area (Å²) < 4.78 is 0. The molecular formula is C20H42N2O3. The van der Waals surface area contributed by atoms with E-state index in [-0.39, 0.29) is 37.1 Å². The van der Waals surface area contributed by atoms with Crippen molar-refractivity contribution in [2.75, 3.05) is 13.1 Å². The zero-order chi connectivity index (χ0) is 20.1. The van der Waals surface area contributed by atoms with Crippen LogP contribution in [0.1, 0.15) is 99.8 Å². The second-order valence-corrected chi connectivity index (χ2v) is 5.70. The molecule has 1 heterocycles. The smallest absolute Gasteiger partial charge is 0.240 e. The Morgan fingerprint density at radius 1 is 0.880 bits per heavy atom. The van der Waals surface area contributed by atoms with Gasteiger partial charge in [-0.3, -0.25) is 19.3 Å². The second-order valence-electron chi connectivity index (χ2n) is 5.70. The van der Waals surface area contributed by atoms with Crippen molar-refractivity contribution in [2.24, 2.45) is 0 Å². The van der Waals surface area contributed by atoms with Crippen LogP contribution in [0.5, 0.6) is 0 Å². The zero-order valence-electron chi connectivity index (χ0n) is 17.7. The number of carbonyl (C=O) groups excluding carboxylic acids is 3. The third-order valence-electron chi connectivity index (χ3n) is 2.81. The summed E-state index contributed by atoms with van der Waals surface area (Å²) in [4.78, 5) is 35.0. The largest absolute Gasteiger partial charge is 0.355 e. The molecule has 25 heavy (non-hydrogen) atoms. The van der Waals surface area contributed by atoms with Gasteiger partial charge in [0.1, 0.15) is 6.54 Å². The lowest BCUT2D eigenvalue weighted by atomic mass is 10.2. The molecular weight excluding hydrogens is 316 g/mol. The van der Waals surface area contributed by atoms with Crippen LogP contribution >= 0.6 is 0 Å². The monoisotopic (exact) mass is 358 g/mol. The van der Waals surface area contributed by atoms with Crippen LogP contribution in [-0.4, -0.2) is 35.7 Å². The summed E-state index contributed by atoms with van der Waals surface area (Å²) in [5.41, 5.74) is 0. The Morgan fingerprint density at radius 2 is 1.32 bits per heavy atom. The quantitative estimate of drug-likeness (QED) is 0.530. The van der Waals surface area contributed by atoms with E-state index in [1.54, 1.807) is 0 Å². The molecule has 0 saturated carbocycles. The van der Waals surface area contributed by atoms with Gasteiger partial charge in [0.25, 0.3) is 0 Å². The van der Waals surface area contributed by atoms with Crippen LogP contribution in [-0.2, 0) is 14.4 Å². The minimum Gasteiger partial charge on any atom is -0.355 e. The Morgan fingerprint density at radius 3 is 1.72 bits per heavy atom. The molecule has 5 heteroatoms. The van der Waals surface area contributed by atoms with Gasteiger partial charge >= 0.3 is 0 Å². The number of carbonyl (C=O) groups is 3. The van der Waals surface area contributed by atoms with Gasteiger partial charge in [0.15, 0.2) is 0 Å². The number of amides is 3. The fourth-order valence-corrected chi connectivity index (χ4v) is 1.78. The van der Waals surface area contributed by atoms with Crippen LogP contribution in [0, 0.1) is 0 Å². The first-order chi connectivity index (χ1) is 12.0. The molecule has 1 saturated heterocycles.